The minimum absolute atomic E-state index is 0.000390. The molecule has 12 nitrogen and oxygen atoms in total. The number of carbonyl (C=O) groups excluding carboxylic acids is 3. The van der Waals surface area contributed by atoms with E-state index in [1.165, 1.54) is 77.0 Å². The van der Waals surface area contributed by atoms with Crippen LogP contribution in [0.2, 0.25) is 0 Å². The Labute approximate surface area is 358 Å². The third kappa shape index (κ3) is 43.4. The SMILES string of the molecule is CCCCCCCC/C=C\CCCCCCCC(=O)OC[C@H](COP(=O)(O)OCCNC(=O)CCCC(=O)O)OC(=O)CCCCCCC/C=C\CCCCCCCC. The number of nitrogens with one attached hydrogen (secondary N) is 1. The molecule has 0 spiro atoms. The average Bonchev–Trinajstić information content (AvgIpc) is 3.20. The summed E-state index contributed by atoms with van der Waals surface area (Å²) in [6.45, 7) is 3.18. The van der Waals surface area contributed by atoms with E-state index in [0.717, 1.165) is 77.0 Å². The van der Waals surface area contributed by atoms with Gasteiger partial charge >= 0.3 is 25.7 Å². The molecule has 0 aliphatic carbocycles. The highest BCUT2D eigenvalue weighted by Crippen LogP contribution is 2.43. The summed E-state index contributed by atoms with van der Waals surface area (Å²) in [6, 6.07) is 0. The van der Waals surface area contributed by atoms with E-state index in [1.807, 2.05) is 0 Å². The monoisotopic (exact) mass is 858 g/mol. The van der Waals surface area contributed by atoms with Crippen LogP contribution in [0.15, 0.2) is 24.3 Å². The number of hydrogen-bond donors (Lipinski definition) is 3. The van der Waals surface area contributed by atoms with Crippen LogP contribution < -0.4 is 5.32 Å². The molecule has 0 aromatic carbocycles. The number of carbonyl (C=O) groups is 4. The molecule has 0 heterocycles. The summed E-state index contributed by atoms with van der Waals surface area (Å²) in [5.74, 6) is -2.36. The van der Waals surface area contributed by atoms with Gasteiger partial charge in [-0.2, -0.15) is 0 Å². The molecule has 0 fully saturated rings. The largest absolute Gasteiger partial charge is 0.481 e. The zero-order valence-electron chi connectivity index (χ0n) is 37.2. The molecule has 0 aliphatic rings. The van der Waals surface area contributed by atoms with Gasteiger partial charge in [-0.3, -0.25) is 28.2 Å². The van der Waals surface area contributed by atoms with Gasteiger partial charge < -0.3 is 24.8 Å². The Morgan fingerprint density at radius 3 is 1.46 bits per heavy atom. The molecule has 3 N–H and O–H groups in total. The van der Waals surface area contributed by atoms with E-state index in [0.29, 0.717) is 12.8 Å². The predicted molar refractivity (Wildman–Crippen MR) is 236 cm³/mol. The fraction of sp³-hybridized carbons (Fsp3) is 0.826. The van der Waals surface area contributed by atoms with Crippen LogP contribution in [0.25, 0.3) is 0 Å². The second kappa shape index (κ2) is 42.2. The average molecular weight is 858 g/mol. The van der Waals surface area contributed by atoms with Gasteiger partial charge in [0.2, 0.25) is 5.91 Å². The quantitative estimate of drug-likeness (QED) is 0.0230. The van der Waals surface area contributed by atoms with Gasteiger partial charge in [0, 0.05) is 32.2 Å². The van der Waals surface area contributed by atoms with E-state index in [1.54, 1.807) is 0 Å². The lowest BCUT2D eigenvalue weighted by Crippen LogP contribution is -2.30. The molecule has 0 aromatic heterocycles. The van der Waals surface area contributed by atoms with Crippen molar-refractivity contribution >= 4 is 31.6 Å². The van der Waals surface area contributed by atoms with Crippen molar-refractivity contribution in [3.8, 4) is 0 Å². The molecule has 2 atom stereocenters. The number of ether oxygens (including phenoxy) is 2. The van der Waals surface area contributed by atoms with Gasteiger partial charge in [-0.15, -0.1) is 0 Å². The van der Waals surface area contributed by atoms with Crippen molar-refractivity contribution in [1.29, 1.82) is 0 Å². The third-order valence-electron chi connectivity index (χ3n) is 9.91. The van der Waals surface area contributed by atoms with Gasteiger partial charge in [0.15, 0.2) is 6.10 Å². The van der Waals surface area contributed by atoms with Gasteiger partial charge in [-0.1, -0.05) is 141 Å². The molecule has 0 rings (SSSR count). The summed E-state index contributed by atoms with van der Waals surface area (Å²) in [5, 5.41) is 11.2. The Morgan fingerprint density at radius 1 is 0.542 bits per heavy atom. The third-order valence-corrected chi connectivity index (χ3v) is 10.9. The highest BCUT2D eigenvalue weighted by atomic mass is 31.2. The number of esters is 2. The lowest BCUT2D eigenvalue weighted by Gasteiger charge is -2.20. The minimum atomic E-state index is -4.60. The standard InChI is InChI=1S/C46H84NO11P/c1-3-5-7-9-11-13-15-17-19-21-23-25-27-29-31-36-45(51)55-40-42(41-57-59(53,54)56-39-38-47-43(48)34-33-35-44(49)50)58-46(52)37-32-30-28-26-24-22-20-18-16-14-12-10-8-6-4-2/h17-20,42H,3-16,21-41H2,1-2H3,(H,47,48)(H,49,50)(H,53,54)/b19-17-,20-18-/t42-/m1/s1. The van der Waals surface area contributed by atoms with Gasteiger partial charge in [0.05, 0.1) is 13.2 Å². The number of phosphoric ester groups is 1. The molecule has 0 radical (unpaired) electrons. The highest BCUT2D eigenvalue weighted by Gasteiger charge is 2.26. The summed E-state index contributed by atoms with van der Waals surface area (Å²) in [7, 11) is -4.60. The zero-order valence-corrected chi connectivity index (χ0v) is 38.0. The molecular formula is C46H84NO11P. The van der Waals surface area contributed by atoms with Crippen molar-refractivity contribution < 1.29 is 52.3 Å². The summed E-state index contributed by atoms with van der Waals surface area (Å²) in [4.78, 5) is 57.8. The number of unbranched alkanes of at least 4 members (excludes halogenated alkanes) is 22. The van der Waals surface area contributed by atoms with Crippen LogP contribution in [0.5, 0.6) is 0 Å². The first kappa shape index (κ1) is 56.5. The number of allylic oxidation sites excluding steroid dienone is 4. The smallest absolute Gasteiger partial charge is 0.472 e. The van der Waals surface area contributed by atoms with E-state index >= 15 is 0 Å². The maximum atomic E-state index is 12.7. The summed E-state index contributed by atoms with van der Waals surface area (Å²) in [5.41, 5.74) is 0. The van der Waals surface area contributed by atoms with Crippen LogP contribution in [0, 0.1) is 0 Å². The zero-order chi connectivity index (χ0) is 43.5. The molecule has 59 heavy (non-hydrogen) atoms. The first-order valence-corrected chi connectivity index (χ1v) is 24.8. The number of hydrogen-bond acceptors (Lipinski definition) is 9. The molecule has 0 aliphatic heterocycles. The van der Waals surface area contributed by atoms with Crippen molar-refractivity contribution in [3.63, 3.8) is 0 Å². The van der Waals surface area contributed by atoms with Crippen molar-refractivity contribution in [3.05, 3.63) is 24.3 Å². The number of phosphoric acid groups is 1. The van der Waals surface area contributed by atoms with Crippen LogP contribution in [0.1, 0.15) is 213 Å². The number of carboxylic acids is 1. The van der Waals surface area contributed by atoms with E-state index in [2.05, 4.69) is 43.5 Å². The van der Waals surface area contributed by atoms with Crippen LogP contribution in [-0.4, -0.2) is 66.3 Å². The van der Waals surface area contributed by atoms with Crippen molar-refractivity contribution in [2.24, 2.45) is 0 Å². The van der Waals surface area contributed by atoms with Gasteiger partial charge in [-0.05, 0) is 70.6 Å². The fourth-order valence-corrected chi connectivity index (χ4v) is 7.10. The minimum Gasteiger partial charge on any atom is -0.481 e. The molecule has 13 heteroatoms. The number of rotatable bonds is 44. The molecule has 0 saturated carbocycles. The van der Waals surface area contributed by atoms with Crippen LogP contribution in [-0.2, 0) is 42.3 Å². The highest BCUT2D eigenvalue weighted by molar-refractivity contribution is 7.47. The Hall–Kier alpha value is -2.53. The summed E-state index contributed by atoms with van der Waals surface area (Å²) >= 11 is 0. The second-order valence-electron chi connectivity index (χ2n) is 15.7. The van der Waals surface area contributed by atoms with E-state index in [4.69, 9.17) is 23.6 Å². The Balaban J connectivity index is 4.54. The molecule has 0 bridgehead atoms. The topological polar surface area (TPSA) is 175 Å². The lowest BCUT2D eigenvalue weighted by molar-refractivity contribution is -0.161. The lowest BCUT2D eigenvalue weighted by atomic mass is 10.1. The van der Waals surface area contributed by atoms with Gasteiger partial charge in [0.1, 0.15) is 6.61 Å². The van der Waals surface area contributed by atoms with E-state index < -0.39 is 44.3 Å². The number of amides is 1. The van der Waals surface area contributed by atoms with Crippen molar-refractivity contribution in [1.82, 2.24) is 5.32 Å². The molecule has 0 aromatic rings. The van der Waals surface area contributed by atoms with Crippen LogP contribution in [0.4, 0.5) is 0 Å². The fourth-order valence-electron chi connectivity index (χ4n) is 6.35. The van der Waals surface area contributed by atoms with Gasteiger partial charge in [-0.25, -0.2) is 4.57 Å². The Kier molecular flexibility index (Phi) is 40.4. The van der Waals surface area contributed by atoms with Crippen LogP contribution in [0.3, 0.4) is 0 Å². The number of carboxylic acid groups (broad SMARTS) is 1. The predicted octanol–water partition coefficient (Wildman–Crippen LogP) is 12.0. The first-order valence-electron chi connectivity index (χ1n) is 23.3. The molecule has 1 unspecified atom stereocenters. The van der Waals surface area contributed by atoms with E-state index in [9.17, 15) is 28.6 Å². The van der Waals surface area contributed by atoms with Gasteiger partial charge in [0.25, 0.3) is 0 Å². The maximum Gasteiger partial charge on any atom is 0.472 e. The molecular weight excluding hydrogens is 773 g/mol. The van der Waals surface area contributed by atoms with Crippen molar-refractivity contribution in [2.45, 2.75) is 219 Å². The maximum absolute atomic E-state index is 12.7. The first-order chi connectivity index (χ1) is 28.6. The molecule has 1 amide bonds. The summed E-state index contributed by atoms with van der Waals surface area (Å²) in [6.07, 6.45) is 38.2. The Morgan fingerprint density at radius 2 is 0.983 bits per heavy atom. The second-order valence-corrected chi connectivity index (χ2v) is 17.1. The Bertz CT molecular complexity index is 1150. The molecule has 0 saturated heterocycles. The molecule has 344 valence electrons. The number of aliphatic carboxylic acids is 1. The summed E-state index contributed by atoms with van der Waals surface area (Å²) < 4.78 is 33.4. The van der Waals surface area contributed by atoms with Crippen molar-refractivity contribution in [2.75, 3.05) is 26.4 Å². The van der Waals surface area contributed by atoms with Crippen LogP contribution >= 0.6 is 7.82 Å². The van der Waals surface area contributed by atoms with E-state index in [-0.39, 0.29) is 51.9 Å². The normalized spacial score (nSPS) is 13.1.